The Kier molecular flexibility index (Phi) is 4.00. The van der Waals surface area contributed by atoms with Gasteiger partial charge in [0.15, 0.2) is 22.9 Å². The molecular formula is C21H20N4O3. The van der Waals surface area contributed by atoms with E-state index in [2.05, 4.69) is 15.2 Å². The topological polar surface area (TPSA) is 88.2 Å². The Bertz CT molecular complexity index is 1100. The first-order chi connectivity index (χ1) is 13.7. The Morgan fingerprint density at radius 3 is 2.71 bits per heavy atom. The van der Waals surface area contributed by atoms with Gasteiger partial charge in [-0.1, -0.05) is 12.1 Å². The highest BCUT2D eigenvalue weighted by Gasteiger charge is 2.28. The number of hydrogen-bond donors (Lipinski definition) is 1. The number of rotatable bonds is 3. The Morgan fingerprint density at radius 1 is 1.14 bits per heavy atom. The summed E-state index contributed by atoms with van der Waals surface area (Å²) < 4.78 is 11.5. The standard InChI is InChI=1S/C21H20N4O3/c1-13-6-7-19(27-13)16-12-17(24-23-16)21(26)25-10-8-14(9-11-25)20-22-15-4-2-3-5-18(15)28-20/h2-7,12,14H,8-11H2,1H3,(H,23,24). The highest BCUT2D eigenvalue weighted by atomic mass is 16.3. The highest BCUT2D eigenvalue weighted by Crippen LogP contribution is 2.30. The van der Waals surface area contributed by atoms with Crippen molar-refractivity contribution in [1.29, 1.82) is 0 Å². The molecule has 4 aromatic rings. The molecule has 1 aromatic carbocycles. The highest BCUT2D eigenvalue weighted by molar-refractivity contribution is 5.93. The maximum absolute atomic E-state index is 12.8. The number of para-hydroxylation sites is 2. The molecular weight excluding hydrogens is 356 g/mol. The molecule has 1 fully saturated rings. The summed E-state index contributed by atoms with van der Waals surface area (Å²) >= 11 is 0. The fraction of sp³-hybridized carbons (Fsp3) is 0.286. The van der Waals surface area contributed by atoms with E-state index in [1.807, 2.05) is 48.2 Å². The summed E-state index contributed by atoms with van der Waals surface area (Å²) in [5.41, 5.74) is 2.81. The van der Waals surface area contributed by atoms with Crippen molar-refractivity contribution in [3.63, 3.8) is 0 Å². The van der Waals surface area contributed by atoms with Crippen LogP contribution in [-0.4, -0.2) is 39.1 Å². The number of aryl methyl sites for hydroxylation is 1. The van der Waals surface area contributed by atoms with Crippen LogP contribution in [-0.2, 0) is 0 Å². The van der Waals surface area contributed by atoms with Crippen molar-refractivity contribution in [2.24, 2.45) is 0 Å². The van der Waals surface area contributed by atoms with Crippen LogP contribution in [0.1, 0.15) is 40.9 Å². The van der Waals surface area contributed by atoms with Gasteiger partial charge in [-0.05, 0) is 44.0 Å². The van der Waals surface area contributed by atoms with Crippen LogP contribution in [0.5, 0.6) is 0 Å². The predicted molar refractivity (Wildman–Crippen MR) is 103 cm³/mol. The SMILES string of the molecule is Cc1ccc(-c2cc(C(=O)N3CCC(c4nc5ccccc5o4)CC3)n[nH]2)o1. The maximum Gasteiger partial charge on any atom is 0.274 e. The maximum atomic E-state index is 12.8. The molecule has 4 heterocycles. The average Bonchev–Trinajstić information content (AvgIpc) is 3.46. The molecule has 0 atom stereocenters. The van der Waals surface area contributed by atoms with Crippen LogP contribution in [0.4, 0.5) is 0 Å². The van der Waals surface area contributed by atoms with Gasteiger partial charge in [0, 0.05) is 25.1 Å². The molecule has 1 saturated heterocycles. The number of hydrogen-bond acceptors (Lipinski definition) is 5. The normalized spacial score (nSPS) is 15.4. The van der Waals surface area contributed by atoms with E-state index >= 15 is 0 Å². The lowest BCUT2D eigenvalue weighted by molar-refractivity contribution is 0.0700. The summed E-state index contributed by atoms with van der Waals surface area (Å²) in [6.45, 7) is 3.20. The number of H-pyrrole nitrogens is 1. The van der Waals surface area contributed by atoms with E-state index in [-0.39, 0.29) is 11.8 Å². The molecule has 1 N–H and O–H groups in total. The van der Waals surface area contributed by atoms with E-state index in [1.54, 1.807) is 6.07 Å². The van der Waals surface area contributed by atoms with Crippen LogP contribution in [0.3, 0.4) is 0 Å². The number of furan rings is 1. The van der Waals surface area contributed by atoms with Crippen LogP contribution in [0.25, 0.3) is 22.6 Å². The van der Waals surface area contributed by atoms with Crippen molar-refractivity contribution in [1.82, 2.24) is 20.1 Å². The molecule has 1 aliphatic rings. The van der Waals surface area contributed by atoms with Crippen LogP contribution in [0.15, 0.2) is 51.3 Å². The average molecular weight is 376 g/mol. The van der Waals surface area contributed by atoms with Gasteiger partial charge in [-0.2, -0.15) is 5.10 Å². The quantitative estimate of drug-likeness (QED) is 0.580. The molecule has 0 saturated carbocycles. The van der Waals surface area contributed by atoms with Crippen molar-refractivity contribution in [3.05, 3.63) is 59.8 Å². The van der Waals surface area contributed by atoms with Crippen molar-refractivity contribution in [2.45, 2.75) is 25.7 Å². The molecule has 3 aromatic heterocycles. The summed E-state index contributed by atoms with van der Waals surface area (Å²) in [6.07, 6.45) is 1.65. The van der Waals surface area contributed by atoms with Crippen molar-refractivity contribution in [3.8, 4) is 11.5 Å². The molecule has 142 valence electrons. The van der Waals surface area contributed by atoms with E-state index in [0.717, 1.165) is 35.6 Å². The first kappa shape index (κ1) is 16.8. The Balaban J connectivity index is 1.26. The second-order valence-corrected chi connectivity index (χ2v) is 7.16. The molecule has 5 rings (SSSR count). The minimum atomic E-state index is -0.0678. The summed E-state index contributed by atoms with van der Waals surface area (Å²) in [6, 6.07) is 13.3. The zero-order valence-corrected chi connectivity index (χ0v) is 15.5. The fourth-order valence-electron chi connectivity index (χ4n) is 3.69. The monoisotopic (exact) mass is 376 g/mol. The van der Waals surface area contributed by atoms with Crippen molar-refractivity contribution < 1.29 is 13.6 Å². The van der Waals surface area contributed by atoms with E-state index < -0.39 is 0 Å². The number of benzene rings is 1. The molecule has 0 aliphatic carbocycles. The molecule has 1 aliphatic heterocycles. The molecule has 0 spiro atoms. The van der Waals surface area contributed by atoms with Crippen LogP contribution < -0.4 is 0 Å². The number of aromatic nitrogens is 3. The molecule has 0 unspecified atom stereocenters. The van der Waals surface area contributed by atoms with Crippen LogP contribution in [0.2, 0.25) is 0 Å². The number of fused-ring (bicyclic) bond motifs is 1. The first-order valence-corrected chi connectivity index (χ1v) is 9.44. The van der Waals surface area contributed by atoms with Crippen molar-refractivity contribution >= 4 is 17.0 Å². The minimum absolute atomic E-state index is 0.0678. The third-order valence-corrected chi connectivity index (χ3v) is 5.24. The van der Waals surface area contributed by atoms with E-state index in [0.29, 0.717) is 30.2 Å². The number of carbonyl (C=O) groups excluding carboxylic acids is 1. The molecule has 28 heavy (non-hydrogen) atoms. The van der Waals surface area contributed by atoms with Gasteiger partial charge in [0.1, 0.15) is 17.0 Å². The Labute approximate surface area is 161 Å². The number of amides is 1. The number of nitrogens with zero attached hydrogens (tertiary/aromatic N) is 3. The molecule has 7 nitrogen and oxygen atoms in total. The first-order valence-electron chi connectivity index (χ1n) is 9.44. The zero-order valence-electron chi connectivity index (χ0n) is 15.5. The number of likely N-dealkylation sites (tertiary alicyclic amines) is 1. The van der Waals surface area contributed by atoms with E-state index in [4.69, 9.17) is 8.83 Å². The molecule has 7 heteroatoms. The lowest BCUT2D eigenvalue weighted by atomic mass is 9.96. The summed E-state index contributed by atoms with van der Waals surface area (Å²) in [7, 11) is 0. The molecule has 0 bridgehead atoms. The number of piperidine rings is 1. The van der Waals surface area contributed by atoms with Gasteiger partial charge in [0.25, 0.3) is 5.91 Å². The summed E-state index contributed by atoms with van der Waals surface area (Å²) in [5, 5.41) is 7.06. The van der Waals surface area contributed by atoms with Gasteiger partial charge in [0.2, 0.25) is 0 Å². The third-order valence-electron chi connectivity index (χ3n) is 5.24. The molecule has 1 amide bonds. The lowest BCUT2D eigenvalue weighted by Crippen LogP contribution is -2.38. The molecule has 0 radical (unpaired) electrons. The van der Waals surface area contributed by atoms with Gasteiger partial charge in [-0.15, -0.1) is 0 Å². The van der Waals surface area contributed by atoms with Gasteiger partial charge in [-0.3, -0.25) is 9.89 Å². The van der Waals surface area contributed by atoms with Gasteiger partial charge in [0.05, 0.1) is 0 Å². The van der Waals surface area contributed by atoms with Crippen LogP contribution >= 0.6 is 0 Å². The van der Waals surface area contributed by atoms with Gasteiger partial charge < -0.3 is 13.7 Å². The van der Waals surface area contributed by atoms with Crippen molar-refractivity contribution in [2.75, 3.05) is 13.1 Å². The predicted octanol–water partition coefficient (Wildman–Crippen LogP) is 4.14. The van der Waals surface area contributed by atoms with Gasteiger partial charge >= 0.3 is 0 Å². The Morgan fingerprint density at radius 2 is 1.96 bits per heavy atom. The largest absolute Gasteiger partial charge is 0.460 e. The van der Waals surface area contributed by atoms with E-state index in [1.165, 1.54) is 0 Å². The lowest BCUT2D eigenvalue weighted by Gasteiger charge is -2.30. The fourth-order valence-corrected chi connectivity index (χ4v) is 3.69. The zero-order chi connectivity index (χ0) is 19.1. The number of oxazole rings is 1. The second-order valence-electron chi connectivity index (χ2n) is 7.16. The smallest absolute Gasteiger partial charge is 0.274 e. The summed E-state index contributed by atoms with van der Waals surface area (Å²) in [4.78, 5) is 19.3. The number of nitrogens with one attached hydrogen (secondary N) is 1. The number of aromatic amines is 1. The minimum Gasteiger partial charge on any atom is -0.460 e. The van der Waals surface area contributed by atoms with Crippen LogP contribution in [0, 0.1) is 6.92 Å². The van der Waals surface area contributed by atoms with Gasteiger partial charge in [-0.25, -0.2) is 4.98 Å². The Hall–Kier alpha value is -3.35. The third kappa shape index (κ3) is 2.98. The second kappa shape index (κ2) is 6.67. The number of carbonyl (C=O) groups is 1. The summed E-state index contributed by atoms with van der Waals surface area (Å²) in [5.74, 6) is 2.43. The van der Waals surface area contributed by atoms with E-state index in [9.17, 15) is 4.79 Å².